The highest BCUT2D eigenvalue weighted by atomic mass is 16.5. The highest BCUT2D eigenvalue weighted by Gasteiger charge is 2.24. The molecule has 0 saturated carbocycles. The molecule has 84 valence electrons. The summed E-state index contributed by atoms with van der Waals surface area (Å²) in [6.45, 7) is 0.397. The Morgan fingerprint density at radius 2 is 1.88 bits per heavy atom. The molecule has 0 radical (unpaired) electrons. The summed E-state index contributed by atoms with van der Waals surface area (Å²) in [6.07, 6.45) is 0.153. The molecule has 0 aliphatic carbocycles. The Morgan fingerprint density at radius 3 is 2.44 bits per heavy atom. The fourth-order valence-corrected chi connectivity index (χ4v) is 1.93. The van der Waals surface area contributed by atoms with Crippen molar-refractivity contribution in [2.45, 2.75) is 19.1 Å². The summed E-state index contributed by atoms with van der Waals surface area (Å²) >= 11 is 0. The first-order valence-corrected chi connectivity index (χ1v) is 5.04. The maximum Gasteiger partial charge on any atom is 0.148 e. The normalized spacial score (nSPS) is 18.4. The van der Waals surface area contributed by atoms with Crippen LogP contribution in [-0.4, -0.2) is 20.3 Å². The summed E-state index contributed by atoms with van der Waals surface area (Å²) in [5.74, 6) is 1.58. The summed E-state index contributed by atoms with van der Waals surface area (Å²) in [5.41, 5.74) is 1.99. The van der Waals surface area contributed by atoms with Gasteiger partial charge in [0, 0.05) is 17.5 Å². The molecule has 1 aliphatic heterocycles. The predicted octanol–water partition coefficient (Wildman–Crippen LogP) is 1.67. The van der Waals surface area contributed by atoms with E-state index < -0.39 is 6.10 Å². The molecule has 1 aliphatic rings. The molecule has 0 amide bonds. The summed E-state index contributed by atoms with van der Waals surface area (Å²) in [5, 5.41) is 8.86. The van der Waals surface area contributed by atoms with Crippen LogP contribution in [-0.2, 0) is 17.8 Å². The zero-order chi connectivity index (χ0) is 11.5. The molecule has 1 aromatic rings. The van der Waals surface area contributed by atoms with Gasteiger partial charge in [-0.1, -0.05) is 0 Å². The molecular formula is C12H13NO3. The molecular weight excluding hydrogens is 206 g/mol. The molecule has 4 nitrogen and oxygen atoms in total. The predicted molar refractivity (Wildman–Crippen MR) is 57.4 cm³/mol. The van der Waals surface area contributed by atoms with Gasteiger partial charge in [0.25, 0.3) is 0 Å². The third-order valence-electron chi connectivity index (χ3n) is 2.75. The maximum absolute atomic E-state index is 8.86. The van der Waals surface area contributed by atoms with Gasteiger partial charge in [0.15, 0.2) is 0 Å². The number of nitriles is 1. The molecule has 16 heavy (non-hydrogen) atoms. The lowest BCUT2D eigenvalue weighted by molar-refractivity contribution is 0.0616. The fraction of sp³-hybridized carbons (Fsp3) is 0.417. The third-order valence-corrected chi connectivity index (χ3v) is 2.75. The van der Waals surface area contributed by atoms with E-state index in [0.717, 1.165) is 22.6 Å². The van der Waals surface area contributed by atoms with E-state index in [1.807, 2.05) is 12.1 Å². The van der Waals surface area contributed by atoms with Crippen LogP contribution in [0.4, 0.5) is 0 Å². The number of hydrogen-bond donors (Lipinski definition) is 0. The second-order valence-electron chi connectivity index (χ2n) is 3.56. The van der Waals surface area contributed by atoms with Gasteiger partial charge in [0.05, 0.1) is 26.9 Å². The van der Waals surface area contributed by atoms with E-state index in [2.05, 4.69) is 6.07 Å². The van der Waals surface area contributed by atoms with Gasteiger partial charge in [0.1, 0.15) is 17.6 Å². The Bertz CT molecular complexity index is 437. The van der Waals surface area contributed by atoms with Gasteiger partial charge in [-0.15, -0.1) is 0 Å². The second-order valence-corrected chi connectivity index (χ2v) is 3.56. The molecule has 1 unspecified atom stereocenters. The molecule has 0 bridgehead atoms. The van der Waals surface area contributed by atoms with Crippen molar-refractivity contribution in [3.63, 3.8) is 0 Å². The molecule has 2 rings (SSSR count). The van der Waals surface area contributed by atoms with Crippen LogP contribution in [0.5, 0.6) is 11.5 Å². The number of rotatable bonds is 2. The Balaban J connectivity index is 2.47. The van der Waals surface area contributed by atoms with Crippen molar-refractivity contribution in [3.05, 3.63) is 23.3 Å². The standard InChI is InChI=1S/C12H13NO3/c1-14-11-3-4-12(15-2)10-7-16-8(6-13)5-9(10)11/h3-4,8H,5,7H2,1-2H3. The monoisotopic (exact) mass is 219 g/mol. The van der Waals surface area contributed by atoms with Crippen molar-refractivity contribution in [1.29, 1.82) is 5.26 Å². The third kappa shape index (κ3) is 1.70. The zero-order valence-corrected chi connectivity index (χ0v) is 9.32. The number of nitrogens with zero attached hydrogens (tertiary/aromatic N) is 1. The molecule has 0 aromatic heterocycles. The smallest absolute Gasteiger partial charge is 0.148 e. The summed E-state index contributed by atoms with van der Waals surface area (Å²) < 4.78 is 15.9. The van der Waals surface area contributed by atoms with E-state index in [0.29, 0.717) is 13.0 Å². The topological polar surface area (TPSA) is 51.5 Å². The van der Waals surface area contributed by atoms with Gasteiger partial charge in [0.2, 0.25) is 0 Å². The minimum absolute atomic E-state index is 0.395. The highest BCUT2D eigenvalue weighted by molar-refractivity contribution is 5.50. The Labute approximate surface area is 94.3 Å². The van der Waals surface area contributed by atoms with Gasteiger partial charge in [-0.25, -0.2) is 0 Å². The molecule has 0 spiro atoms. The lowest BCUT2D eigenvalue weighted by Crippen LogP contribution is -2.21. The van der Waals surface area contributed by atoms with Crippen LogP contribution < -0.4 is 9.47 Å². The molecule has 0 saturated heterocycles. The van der Waals surface area contributed by atoms with E-state index in [1.165, 1.54) is 0 Å². The van der Waals surface area contributed by atoms with Gasteiger partial charge < -0.3 is 14.2 Å². The lowest BCUT2D eigenvalue weighted by Gasteiger charge is -2.24. The van der Waals surface area contributed by atoms with E-state index in [-0.39, 0.29) is 0 Å². The van der Waals surface area contributed by atoms with Crippen LogP contribution in [0, 0.1) is 11.3 Å². The molecule has 0 N–H and O–H groups in total. The average Bonchev–Trinajstić information content (AvgIpc) is 2.36. The number of fused-ring (bicyclic) bond motifs is 1. The first-order chi connectivity index (χ1) is 7.80. The molecule has 1 atom stereocenters. The first-order valence-electron chi connectivity index (χ1n) is 5.04. The summed E-state index contributed by atoms with van der Waals surface area (Å²) in [6, 6.07) is 5.83. The molecule has 4 heteroatoms. The quantitative estimate of drug-likeness (QED) is 0.759. The average molecular weight is 219 g/mol. The number of methoxy groups -OCH3 is 2. The number of ether oxygens (including phenoxy) is 3. The van der Waals surface area contributed by atoms with Crippen LogP contribution in [0.15, 0.2) is 12.1 Å². The fourth-order valence-electron chi connectivity index (χ4n) is 1.93. The number of hydrogen-bond acceptors (Lipinski definition) is 4. The minimum atomic E-state index is -0.395. The van der Waals surface area contributed by atoms with Gasteiger partial charge in [-0.2, -0.15) is 5.26 Å². The Hall–Kier alpha value is -1.73. The molecule has 1 aromatic carbocycles. The van der Waals surface area contributed by atoms with Crippen molar-refractivity contribution in [2.75, 3.05) is 14.2 Å². The van der Waals surface area contributed by atoms with Crippen molar-refractivity contribution in [1.82, 2.24) is 0 Å². The Kier molecular flexibility index (Phi) is 2.97. The minimum Gasteiger partial charge on any atom is -0.496 e. The van der Waals surface area contributed by atoms with Crippen molar-refractivity contribution >= 4 is 0 Å². The van der Waals surface area contributed by atoms with Gasteiger partial charge >= 0.3 is 0 Å². The Morgan fingerprint density at radius 1 is 1.25 bits per heavy atom. The van der Waals surface area contributed by atoms with Crippen LogP contribution >= 0.6 is 0 Å². The SMILES string of the molecule is COc1ccc(OC)c2c1COC(C#N)C2. The van der Waals surface area contributed by atoms with Gasteiger partial charge in [-0.05, 0) is 12.1 Å². The maximum atomic E-state index is 8.86. The zero-order valence-electron chi connectivity index (χ0n) is 9.32. The first kappa shape index (κ1) is 10.8. The summed E-state index contributed by atoms with van der Waals surface area (Å²) in [7, 11) is 3.25. The van der Waals surface area contributed by atoms with Crippen LogP contribution in [0.1, 0.15) is 11.1 Å². The van der Waals surface area contributed by atoms with Crippen molar-refractivity contribution < 1.29 is 14.2 Å². The molecule has 0 fully saturated rings. The van der Waals surface area contributed by atoms with Gasteiger partial charge in [-0.3, -0.25) is 0 Å². The van der Waals surface area contributed by atoms with Crippen molar-refractivity contribution in [3.8, 4) is 17.6 Å². The highest BCUT2D eigenvalue weighted by Crippen LogP contribution is 2.35. The van der Waals surface area contributed by atoms with Crippen LogP contribution in [0.2, 0.25) is 0 Å². The van der Waals surface area contributed by atoms with Crippen molar-refractivity contribution in [2.24, 2.45) is 0 Å². The molecule has 1 heterocycles. The van der Waals surface area contributed by atoms with Crippen LogP contribution in [0.3, 0.4) is 0 Å². The van der Waals surface area contributed by atoms with E-state index in [9.17, 15) is 0 Å². The number of benzene rings is 1. The lowest BCUT2D eigenvalue weighted by atomic mass is 9.97. The van der Waals surface area contributed by atoms with E-state index >= 15 is 0 Å². The van der Waals surface area contributed by atoms with E-state index in [1.54, 1.807) is 14.2 Å². The van der Waals surface area contributed by atoms with Crippen LogP contribution in [0.25, 0.3) is 0 Å². The van der Waals surface area contributed by atoms with E-state index in [4.69, 9.17) is 19.5 Å². The summed E-state index contributed by atoms with van der Waals surface area (Å²) in [4.78, 5) is 0. The second kappa shape index (κ2) is 4.42. The largest absolute Gasteiger partial charge is 0.496 e.